The molecule has 1 aliphatic rings. The van der Waals surface area contributed by atoms with Crippen molar-refractivity contribution in [3.8, 4) is 6.07 Å². The molecule has 0 amide bonds. The van der Waals surface area contributed by atoms with E-state index in [0.717, 1.165) is 24.0 Å². The number of thioether (sulfide) groups is 1. The van der Waals surface area contributed by atoms with Crippen LogP contribution in [0.2, 0.25) is 0 Å². The molecule has 3 heteroatoms. The first-order chi connectivity index (χ1) is 8.66. The summed E-state index contributed by atoms with van der Waals surface area (Å²) in [6.07, 6.45) is 5.93. The number of hydrogen-bond acceptors (Lipinski definition) is 3. The van der Waals surface area contributed by atoms with Gasteiger partial charge in [-0.2, -0.15) is 5.26 Å². The minimum Gasteiger partial charge on any atom is -0.288 e. The Kier molecular flexibility index (Phi) is 3.88. The average molecular weight is 257 g/mol. The fraction of sp³-hybridized carbons (Fsp3) is 0.333. The minimum absolute atomic E-state index is 0.134. The Morgan fingerprint density at radius 1 is 1.56 bits per heavy atom. The first-order valence-electron chi connectivity index (χ1n) is 5.98. The Morgan fingerprint density at radius 3 is 2.94 bits per heavy atom. The van der Waals surface area contributed by atoms with Crippen LogP contribution in [0.1, 0.15) is 30.9 Å². The molecule has 0 radical (unpaired) electrons. The van der Waals surface area contributed by atoms with Gasteiger partial charge >= 0.3 is 0 Å². The lowest BCUT2D eigenvalue weighted by atomic mass is 9.96. The first-order valence-corrected chi connectivity index (χ1v) is 6.96. The highest BCUT2D eigenvalue weighted by molar-refractivity contribution is 8.13. The Labute approximate surface area is 112 Å². The standard InChI is InChI=1S/C15H15NOS/c1-12(17)18-9-3-5-13-4-2-6-14(10-13)15(11-16)7-8-15/h2-6,10H,7-9H2,1H3. The lowest BCUT2D eigenvalue weighted by Crippen LogP contribution is -2.02. The number of carbonyl (C=O) groups excluding carboxylic acids is 1. The molecule has 0 spiro atoms. The number of carbonyl (C=O) groups is 1. The van der Waals surface area contributed by atoms with Crippen LogP contribution >= 0.6 is 11.8 Å². The summed E-state index contributed by atoms with van der Waals surface area (Å²) in [5, 5.41) is 9.30. The van der Waals surface area contributed by atoms with E-state index in [2.05, 4.69) is 12.1 Å². The molecule has 0 aliphatic heterocycles. The minimum atomic E-state index is -0.224. The Balaban J connectivity index is 2.04. The monoisotopic (exact) mass is 257 g/mol. The van der Waals surface area contributed by atoms with E-state index in [1.165, 1.54) is 11.8 Å². The topological polar surface area (TPSA) is 40.9 Å². The molecular formula is C15H15NOS. The van der Waals surface area contributed by atoms with Crippen molar-refractivity contribution in [3.63, 3.8) is 0 Å². The molecule has 1 fully saturated rings. The fourth-order valence-electron chi connectivity index (χ4n) is 1.88. The smallest absolute Gasteiger partial charge is 0.186 e. The van der Waals surface area contributed by atoms with Crippen molar-refractivity contribution in [1.29, 1.82) is 5.26 Å². The maximum absolute atomic E-state index is 10.8. The van der Waals surface area contributed by atoms with E-state index in [-0.39, 0.29) is 10.5 Å². The van der Waals surface area contributed by atoms with Crippen molar-refractivity contribution in [1.82, 2.24) is 0 Å². The van der Waals surface area contributed by atoms with Crippen molar-refractivity contribution in [3.05, 3.63) is 41.5 Å². The molecule has 92 valence electrons. The summed E-state index contributed by atoms with van der Waals surface area (Å²) >= 11 is 1.30. The van der Waals surface area contributed by atoms with Crippen molar-refractivity contribution >= 4 is 23.0 Å². The molecule has 1 aromatic carbocycles. The SMILES string of the molecule is CC(=O)SCC=Cc1cccc(C2(C#N)CC2)c1. The molecule has 0 N–H and O–H groups in total. The zero-order chi connectivity index (χ0) is 13.0. The lowest BCUT2D eigenvalue weighted by Gasteiger charge is -2.06. The number of nitrogens with zero attached hydrogens (tertiary/aromatic N) is 1. The Bertz CT molecular complexity index is 524. The second-order valence-electron chi connectivity index (χ2n) is 4.52. The molecule has 0 aromatic heterocycles. The average Bonchev–Trinajstić information content (AvgIpc) is 3.16. The zero-order valence-corrected chi connectivity index (χ0v) is 11.2. The second-order valence-corrected chi connectivity index (χ2v) is 5.72. The molecule has 2 nitrogen and oxygen atoms in total. The maximum Gasteiger partial charge on any atom is 0.186 e. The van der Waals surface area contributed by atoms with Crippen molar-refractivity contribution in [2.45, 2.75) is 25.2 Å². The maximum atomic E-state index is 10.8. The van der Waals surface area contributed by atoms with E-state index in [1.807, 2.05) is 30.4 Å². The van der Waals surface area contributed by atoms with Gasteiger partial charge in [-0.25, -0.2) is 0 Å². The number of hydrogen-bond donors (Lipinski definition) is 0. The van der Waals surface area contributed by atoms with Gasteiger partial charge in [-0.3, -0.25) is 4.79 Å². The quantitative estimate of drug-likeness (QED) is 0.828. The molecule has 2 rings (SSSR count). The largest absolute Gasteiger partial charge is 0.288 e. The summed E-state index contributed by atoms with van der Waals surface area (Å²) in [6.45, 7) is 1.57. The molecule has 1 aromatic rings. The van der Waals surface area contributed by atoms with Gasteiger partial charge in [0.05, 0.1) is 11.5 Å². The van der Waals surface area contributed by atoms with Gasteiger partial charge in [-0.1, -0.05) is 48.2 Å². The fourth-order valence-corrected chi connectivity index (χ4v) is 2.31. The van der Waals surface area contributed by atoms with Crippen molar-refractivity contribution in [2.75, 3.05) is 5.75 Å². The summed E-state index contributed by atoms with van der Waals surface area (Å²) < 4.78 is 0. The van der Waals surface area contributed by atoms with Gasteiger partial charge in [-0.15, -0.1) is 0 Å². The third-order valence-corrected chi connectivity index (χ3v) is 3.86. The van der Waals surface area contributed by atoms with Gasteiger partial charge in [0.15, 0.2) is 5.12 Å². The summed E-state index contributed by atoms with van der Waals surface area (Å²) in [4.78, 5) is 10.8. The molecule has 1 aliphatic carbocycles. The van der Waals surface area contributed by atoms with Crippen molar-refractivity contribution < 1.29 is 4.79 Å². The molecule has 0 heterocycles. The van der Waals surface area contributed by atoms with E-state index in [1.54, 1.807) is 6.92 Å². The molecular weight excluding hydrogens is 242 g/mol. The highest BCUT2D eigenvalue weighted by atomic mass is 32.2. The predicted octanol–water partition coefficient (Wildman–Crippen LogP) is 3.53. The summed E-state index contributed by atoms with van der Waals surface area (Å²) in [5.41, 5.74) is 1.99. The van der Waals surface area contributed by atoms with E-state index in [9.17, 15) is 4.79 Å². The van der Waals surface area contributed by atoms with Gasteiger partial charge in [0.25, 0.3) is 0 Å². The van der Waals surface area contributed by atoms with Gasteiger partial charge in [0.2, 0.25) is 0 Å². The molecule has 0 unspecified atom stereocenters. The van der Waals surface area contributed by atoms with Gasteiger partial charge in [0, 0.05) is 12.7 Å². The molecule has 0 bridgehead atoms. The van der Waals surface area contributed by atoms with Crippen LogP contribution in [0.3, 0.4) is 0 Å². The third-order valence-electron chi connectivity index (χ3n) is 3.10. The number of nitriles is 1. The highest BCUT2D eigenvalue weighted by Gasteiger charge is 2.44. The van der Waals surface area contributed by atoms with Crippen LogP contribution < -0.4 is 0 Å². The van der Waals surface area contributed by atoms with Crippen LogP contribution in [-0.2, 0) is 10.2 Å². The molecule has 18 heavy (non-hydrogen) atoms. The van der Waals surface area contributed by atoms with Gasteiger partial charge in [-0.05, 0) is 24.0 Å². The van der Waals surface area contributed by atoms with Gasteiger partial charge < -0.3 is 0 Å². The van der Waals surface area contributed by atoms with Crippen LogP contribution in [0, 0.1) is 11.3 Å². The molecule has 0 atom stereocenters. The highest BCUT2D eigenvalue weighted by Crippen LogP contribution is 2.47. The summed E-state index contributed by atoms with van der Waals surface area (Å²) in [6, 6.07) is 10.5. The van der Waals surface area contributed by atoms with E-state index in [4.69, 9.17) is 5.26 Å². The predicted molar refractivity (Wildman–Crippen MR) is 75.1 cm³/mol. The van der Waals surface area contributed by atoms with E-state index >= 15 is 0 Å². The number of benzene rings is 1. The Hall–Kier alpha value is -1.53. The third kappa shape index (κ3) is 3.02. The van der Waals surface area contributed by atoms with Crippen LogP contribution in [0.25, 0.3) is 6.08 Å². The molecule has 1 saturated carbocycles. The normalized spacial score (nSPS) is 16.4. The van der Waals surface area contributed by atoms with Crippen LogP contribution in [-0.4, -0.2) is 10.9 Å². The summed E-state index contributed by atoms with van der Waals surface area (Å²) in [7, 11) is 0. The van der Waals surface area contributed by atoms with Crippen LogP contribution in [0.5, 0.6) is 0 Å². The van der Waals surface area contributed by atoms with Gasteiger partial charge in [0.1, 0.15) is 0 Å². The van der Waals surface area contributed by atoms with Crippen molar-refractivity contribution in [2.24, 2.45) is 0 Å². The summed E-state index contributed by atoms with van der Waals surface area (Å²) in [5.74, 6) is 0.697. The second kappa shape index (κ2) is 5.41. The van der Waals surface area contributed by atoms with E-state index in [0.29, 0.717) is 5.75 Å². The van der Waals surface area contributed by atoms with E-state index < -0.39 is 0 Å². The van der Waals surface area contributed by atoms with Crippen LogP contribution in [0.4, 0.5) is 0 Å². The Morgan fingerprint density at radius 2 is 2.33 bits per heavy atom. The van der Waals surface area contributed by atoms with Crippen LogP contribution in [0.15, 0.2) is 30.3 Å². The number of rotatable bonds is 4. The zero-order valence-electron chi connectivity index (χ0n) is 10.3. The first kappa shape index (κ1) is 12.9. The lowest BCUT2D eigenvalue weighted by molar-refractivity contribution is -0.109. The molecule has 0 saturated heterocycles.